The summed E-state index contributed by atoms with van der Waals surface area (Å²) in [5, 5.41) is 8.13. The van der Waals surface area contributed by atoms with E-state index in [1.807, 2.05) is 14.5 Å². The van der Waals surface area contributed by atoms with Gasteiger partial charge in [-0.05, 0) is 19.3 Å². The number of ether oxygens (including phenoxy) is 1. The van der Waals surface area contributed by atoms with Crippen LogP contribution in [0.15, 0.2) is 6.20 Å². The van der Waals surface area contributed by atoms with Crippen molar-refractivity contribution in [1.82, 2.24) is 24.8 Å². The van der Waals surface area contributed by atoms with Crippen molar-refractivity contribution in [3.63, 3.8) is 0 Å². The molecule has 3 aliphatic heterocycles. The Labute approximate surface area is 153 Å². The number of aromatic nitrogens is 3. The van der Waals surface area contributed by atoms with E-state index in [1.165, 1.54) is 12.8 Å². The highest BCUT2D eigenvalue weighted by Gasteiger charge is 2.37. The first kappa shape index (κ1) is 17.5. The van der Waals surface area contributed by atoms with E-state index in [-0.39, 0.29) is 30.4 Å². The fraction of sp³-hybridized carbons (Fsp3) is 0.778. The molecule has 2 fully saturated rings. The summed E-state index contributed by atoms with van der Waals surface area (Å²) < 4.78 is 7.78. The van der Waals surface area contributed by atoms with Gasteiger partial charge < -0.3 is 14.5 Å². The van der Waals surface area contributed by atoms with Crippen molar-refractivity contribution < 1.29 is 14.3 Å². The molecule has 4 rings (SSSR count). The van der Waals surface area contributed by atoms with Gasteiger partial charge in [0.1, 0.15) is 0 Å². The van der Waals surface area contributed by atoms with Crippen LogP contribution in [0.5, 0.6) is 0 Å². The molecule has 3 aliphatic rings. The molecule has 0 radical (unpaired) electrons. The summed E-state index contributed by atoms with van der Waals surface area (Å²) in [4.78, 5) is 28.8. The number of hydrogen-bond donors (Lipinski definition) is 0. The fourth-order valence-corrected chi connectivity index (χ4v) is 4.26. The minimum absolute atomic E-state index is 0.0280. The molecule has 1 aromatic rings. The van der Waals surface area contributed by atoms with Crippen molar-refractivity contribution in [3.05, 3.63) is 11.9 Å². The zero-order valence-corrected chi connectivity index (χ0v) is 15.2. The standard InChI is InChI=1S/C18H27N5O3/c24-17(21-8-3-1-2-4-9-21)5-6-18(25)22-10-7-16-15(12-22)23-14(13-26-16)11-19-20-23/h11,15-16H,1-10,12-13H2/t15-,16-/m1/s1. The Morgan fingerprint density at radius 3 is 2.54 bits per heavy atom. The van der Waals surface area contributed by atoms with Gasteiger partial charge in [-0.25, -0.2) is 4.68 Å². The van der Waals surface area contributed by atoms with E-state index < -0.39 is 0 Å². The van der Waals surface area contributed by atoms with Crippen LogP contribution in [-0.4, -0.2) is 68.9 Å². The van der Waals surface area contributed by atoms with Gasteiger partial charge in [0.15, 0.2) is 0 Å². The van der Waals surface area contributed by atoms with Crippen LogP contribution in [0.2, 0.25) is 0 Å². The number of nitrogens with zero attached hydrogens (tertiary/aromatic N) is 5. The molecule has 0 saturated carbocycles. The van der Waals surface area contributed by atoms with E-state index in [9.17, 15) is 9.59 Å². The molecule has 0 unspecified atom stereocenters. The molecule has 1 aromatic heterocycles. The molecule has 2 amide bonds. The van der Waals surface area contributed by atoms with E-state index in [1.54, 1.807) is 6.20 Å². The van der Waals surface area contributed by atoms with E-state index >= 15 is 0 Å². The predicted octanol–water partition coefficient (Wildman–Crippen LogP) is 1.13. The second kappa shape index (κ2) is 7.73. The third-order valence-corrected chi connectivity index (χ3v) is 5.79. The molecule has 142 valence electrons. The lowest BCUT2D eigenvalue weighted by Crippen LogP contribution is -2.50. The highest BCUT2D eigenvalue weighted by atomic mass is 16.5. The van der Waals surface area contributed by atoms with Crippen LogP contribution in [0.25, 0.3) is 0 Å². The number of likely N-dealkylation sites (tertiary alicyclic amines) is 2. The Kier molecular flexibility index (Phi) is 5.19. The summed E-state index contributed by atoms with van der Waals surface area (Å²) >= 11 is 0. The normalized spacial score (nSPS) is 26.0. The lowest BCUT2D eigenvalue weighted by atomic mass is 10.00. The summed E-state index contributed by atoms with van der Waals surface area (Å²) in [7, 11) is 0. The second-order valence-corrected chi connectivity index (χ2v) is 7.51. The van der Waals surface area contributed by atoms with Crippen molar-refractivity contribution >= 4 is 11.8 Å². The topological polar surface area (TPSA) is 80.6 Å². The molecule has 0 aromatic carbocycles. The predicted molar refractivity (Wildman–Crippen MR) is 93.1 cm³/mol. The van der Waals surface area contributed by atoms with Gasteiger partial charge in [-0.3, -0.25) is 9.59 Å². The largest absolute Gasteiger partial charge is 0.370 e. The van der Waals surface area contributed by atoms with Gasteiger partial charge in [0, 0.05) is 39.0 Å². The average molecular weight is 361 g/mol. The zero-order chi connectivity index (χ0) is 17.9. The Balaban J connectivity index is 1.31. The Morgan fingerprint density at radius 2 is 1.77 bits per heavy atom. The molecule has 2 atom stereocenters. The first-order chi connectivity index (χ1) is 12.7. The Bertz CT molecular complexity index is 653. The van der Waals surface area contributed by atoms with Crippen LogP contribution >= 0.6 is 0 Å². The number of carbonyl (C=O) groups excluding carboxylic acids is 2. The van der Waals surface area contributed by atoms with Gasteiger partial charge in [-0.1, -0.05) is 18.1 Å². The first-order valence-electron chi connectivity index (χ1n) is 9.78. The zero-order valence-electron chi connectivity index (χ0n) is 15.2. The van der Waals surface area contributed by atoms with E-state index in [2.05, 4.69) is 10.3 Å². The van der Waals surface area contributed by atoms with Gasteiger partial charge in [0.25, 0.3) is 0 Å². The van der Waals surface area contributed by atoms with E-state index in [0.717, 1.165) is 38.0 Å². The molecule has 0 spiro atoms. The highest BCUT2D eigenvalue weighted by molar-refractivity contribution is 5.84. The maximum absolute atomic E-state index is 12.6. The van der Waals surface area contributed by atoms with Gasteiger partial charge in [0.2, 0.25) is 11.8 Å². The molecule has 8 heteroatoms. The maximum atomic E-state index is 12.6. The molecule has 26 heavy (non-hydrogen) atoms. The molecular formula is C18H27N5O3. The molecule has 0 bridgehead atoms. The van der Waals surface area contributed by atoms with Crippen molar-refractivity contribution in [1.29, 1.82) is 0 Å². The van der Waals surface area contributed by atoms with E-state index in [0.29, 0.717) is 26.1 Å². The Morgan fingerprint density at radius 1 is 1.04 bits per heavy atom. The molecule has 4 heterocycles. The van der Waals surface area contributed by atoms with Gasteiger partial charge in [-0.2, -0.15) is 0 Å². The highest BCUT2D eigenvalue weighted by Crippen LogP contribution is 2.30. The monoisotopic (exact) mass is 361 g/mol. The summed E-state index contributed by atoms with van der Waals surface area (Å²) in [6.07, 6.45) is 7.77. The Hall–Kier alpha value is -1.96. The number of fused-ring (bicyclic) bond motifs is 3. The second-order valence-electron chi connectivity index (χ2n) is 7.51. The maximum Gasteiger partial charge on any atom is 0.223 e. The minimum Gasteiger partial charge on any atom is -0.370 e. The van der Waals surface area contributed by atoms with Crippen LogP contribution < -0.4 is 0 Å². The summed E-state index contributed by atoms with van der Waals surface area (Å²) in [6, 6.07) is 0.0280. The quantitative estimate of drug-likeness (QED) is 0.806. The number of carbonyl (C=O) groups is 2. The molecule has 8 nitrogen and oxygen atoms in total. The van der Waals surface area contributed by atoms with Crippen LogP contribution in [0.3, 0.4) is 0 Å². The van der Waals surface area contributed by atoms with Crippen molar-refractivity contribution in [2.75, 3.05) is 26.2 Å². The third kappa shape index (κ3) is 3.60. The third-order valence-electron chi connectivity index (χ3n) is 5.79. The fourth-order valence-electron chi connectivity index (χ4n) is 4.26. The minimum atomic E-state index is 0.0280. The number of amides is 2. The lowest BCUT2D eigenvalue weighted by molar-refractivity contribution is -0.141. The molecule has 2 saturated heterocycles. The van der Waals surface area contributed by atoms with Gasteiger partial charge >= 0.3 is 0 Å². The molecular weight excluding hydrogens is 334 g/mol. The number of rotatable bonds is 3. The van der Waals surface area contributed by atoms with Crippen molar-refractivity contribution in [3.8, 4) is 0 Å². The smallest absolute Gasteiger partial charge is 0.223 e. The SMILES string of the molecule is O=C(CCC(=O)N1CC[C@H]2OCc3cnnn3[C@@H]2C1)N1CCCCCC1. The number of hydrogen-bond acceptors (Lipinski definition) is 5. The summed E-state index contributed by atoms with van der Waals surface area (Å²) in [5.74, 6) is 0.175. The summed E-state index contributed by atoms with van der Waals surface area (Å²) in [6.45, 7) is 3.48. The average Bonchev–Trinajstić information content (AvgIpc) is 2.99. The van der Waals surface area contributed by atoms with Gasteiger partial charge in [0.05, 0.1) is 30.6 Å². The molecule has 0 N–H and O–H groups in total. The van der Waals surface area contributed by atoms with Crippen LogP contribution in [0.1, 0.15) is 56.7 Å². The lowest BCUT2D eigenvalue weighted by Gasteiger charge is -2.41. The van der Waals surface area contributed by atoms with Gasteiger partial charge in [-0.15, -0.1) is 5.10 Å². The van der Waals surface area contributed by atoms with Crippen LogP contribution in [-0.2, 0) is 20.9 Å². The van der Waals surface area contributed by atoms with E-state index in [4.69, 9.17) is 4.74 Å². The van der Waals surface area contributed by atoms with Crippen molar-refractivity contribution in [2.24, 2.45) is 0 Å². The van der Waals surface area contributed by atoms with Crippen LogP contribution in [0, 0.1) is 0 Å². The number of piperidine rings is 1. The first-order valence-corrected chi connectivity index (χ1v) is 9.78. The van der Waals surface area contributed by atoms with Crippen LogP contribution in [0.4, 0.5) is 0 Å². The molecule has 0 aliphatic carbocycles. The van der Waals surface area contributed by atoms with Crippen molar-refractivity contribution in [2.45, 2.75) is 63.7 Å². The summed E-state index contributed by atoms with van der Waals surface area (Å²) in [5.41, 5.74) is 0.955.